The maximum absolute atomic E-state index is 4.01. The first-order valence-electron chi connectivity index (χ1n) is 2.62. The van der Waals surface area contributed by atoms with Crippen LogP contribution in [0.2, 0.25) is 0 Å². The van der Waals surface area contributed by atoms with Crippen LogP contribution in [0.15, 0.2) is 10.2 Å². The van der Waals surface area contributed by atoms with Gasteiger partial charge in [0.05, 0.1) is 6.21 Å². The number of rotatable bonds is 1. The summed E-state index contributed by atoms with van der Waals surface area (Å²) >= 11 is 3.03. The average Bonchev–Trinajstić information content (AvgIpc) is 2.05. The van der Waals surface area contributed by atoms with Gasteiger partial charge in [0.15, 0.2) is 0 Å². The Bertz CT molecular complexity index is 167. The van der Waals surface area contributed by atoms with Crippen LogP contribution in [-0.2, 0) is 0 Å². The fourth-order valence-corrected chi connectivity index (χ4v) is 0.983. The number of nitrogens with zero attached hydrogens (tertiary/aromatic N) is 3. The lowest BCUT2D eigenvalue weighted by Gasteiger charge is -2.16. The summed E-state index contributed by atoms with van der Waals surface area (Å²) in [6, 6.07) is 0. The smallest absolute Gasteiger partial charge is 0.138 e. The van der Waals surface area contributed by atoms with Crippen molar-refractivity contribution in [2.24, 2.45) is 10.2 Å². The highest BCUT2D eigenvalue weighted by Gasteiger charge is 2.02. The quantitative estimate of drug-likeness (QED) is 0.598. The van der Waals surface area contributed by atoms with Crippen molar-refractivity contribution in [2.75, 3.05) is 12.5 Å². The third-order valence-electron chi connectivity index (χ3n) is 0.901. The molecule has 0 bridgehead atoms. The summed E-state index contributed by atoms with van der Waals surface area (Å²) in [7, 11) is 0. The van der Waals surface area contributed by atoms with Crippen molar-refractivity contribution in [3.63, 3.8) is 0 Å². The molecule has 0 saturated heterocycles. The molecule has 0 aromatic carbocycles. The van der Waals surface area contributed by atoms with Crippen molar-refractivity contribution in [2.45, 2.75) is 0 Å². The van der Waals surface area contributed by atoms with Crippen molar-refractivity contribution in [3.05, 3.63) is 0 Å². The van der Waals surface area contributed by atoms with Crippen LogP contribution >= 0.6 is 23.7 Å². The standard InChI is InChI=1S/C4H8N4S2/c1-9-4-3-5-8(10-2)7-6-4/h3,7H,1-2H3. The Morgan fingerprint density at radius 1 is 1.60 bits per heavy atom. The molecule has 0 unspecified atom stereocenters. The van der Waals surface area contributed by atoms with E-state index in [9.17, 15) is 0 Å². The minimum Gasteiger partial charge on any atom is -0.191 e. The third-order valence-corrected chi connectivity index (χ3v) is 2.04. The van der Waals surface area contributed by atoms with Gasteiger partial charge < -0.3 is 0 Å². The summed E-state index contributed by atoms with van der Waals surface area (Å²) in [5.74, 6) is 0. The van der Waals surface area contributed by atoms with Crippen molar-refractivity contribution in [3.8, 4) is 0 Å². The monoisotopic (exact) mass is 176 g/mol. The van der Waals surface area contributed by atoms with Crippen LogP contribution in [0.3, 0.4) is 0 Å². The minimum absolute atomic E-state index is 0.894. The largest absolute Gasteiger partial charge is 0.191 e. The Kier molecular flexibility index (Phi) is 2.88. The summed E-state index contributed by atoms with van der Waals surface area (Å²) < 4.78 is 1.58. The zero-order valence-corrected chi connectivity index (χ0v) is 7.37. The number of hydrogen-bond acceptors (Lipinski definition) is 6. The summed E-state index contributed by atoms with van der Waals surface area (Å²) in [6.45, 7) is 0. The second-order valence-electron chi connectivity index (χ2n) is 1.45. The van der Waals surface area contributed by atoms with E-state index in [1.807, 2.05) is 12.5 Å². The van der Waals surface area contributed by atoms with Crippen molar-refractivity contribution in [1.29, 1.82) is 0 Å². The molecule has 0 aliphatic carbocycles. The van der Waals surface area contributed by atoms with E-state index in [0.29, 0.717) is 0 Å². The van der Waals surface area contributed by atoms with E-state index in [2.05, 4.69) is 15.7 Å². The summed E-state index contributed by atoms with van der Waals surface area (Å²) in [4.78, 5) is 0. The van der Waals surface area contributed by atoms with E-state index >= 15 is 0 Å². The van der Waals surface area contributed by atoms with Gasteiger partial charge in [-0.25, -0.2) is 0 Å². The van der Waals surface area contributed by atoms with Gasteiger partial charge in [-0.3, -0.25) is 0 Å². The van der Waals surface area contributed by atoms with Gasteiger partial charge in [-0.1, -0.05) is 0 Å². The van der Waals surface area contributed by atoms with Gasteiger partial charge in [-0.05, 0) is 18.2 Å². The molecular formula is C4H8N4S2. The molecule has 0 radical (unpaired) electrons. The zero-order valence-electron chi connectivity index (χ0n) is 5.74. The highest BCUT2D eigenvalue weighted by atomic mass is 32.2. The number of hydrazine groups is 1. The second kappa shape index (κ2) is 3.72. The topological polar surface area (TPSA) is 40.0 Å². The Hall–Kier alpha value is -0.360. The number of thioether (sulfide) groups is 1. The highest BCUT2D eigenvalue weighted by Crippen LogP contribution is 2.06. The molecule has 0 aromatic rings. The molecule has 4 nitrogen and oxygen atoms in total. The predicted molar refractivity (Wildman–Crippen MR) is 47.9 cm³/mol. The first-order chi connectivity index (χ1) is 4.86. The molecule has 0 aromatic heterocycles. The maximum atomic E-state index is 4.01. The Balaban J connectivity index is 2.46. The molecule has 1 aliphatic heterocycles. The van der Waals surface area contributed by atoms with Gasteiger partial charge in [0, 0.05) is 6.26 Å². The van der Waals surface area contributed by atoms with Gasteiger partial charge >= 0.3 is 0 Å². The molecule has 0 saturated carbocycles. The minimum atomic E-state index is 0.894. The SMILES string of the molecule is CSC1=NNN(SC)N=C1. The van der Waals surface area contributed by atoms with Crippen LogP contribution in [0.25, 0.3) is 0 Å². The lowest BCUT2D eigenvalue weighted by Crippen LogP contribution is -2.27. The lowest BCUT2D eigenvalue weighted by molar-refractivity contribution is 0.381. The van der Waals surface area contributed by atoms with Gasteiger partial charge in [0.1, 0.15) is 5.04 Å². The predicted octanol–water partition coefficient (Wildman–Crippen LogP) is 0.747. The molecule has 10 heavy (non-hydrogen) atoms. The molecule has 1 heterocycles. The van der Waals surface area contributed by atoms with E-state index in [1.165, 1.54) is 11.9 Å². The van der Waals surface area contributed by atoms with Gasteiger partial charge in [0.25, 0.3) is 0 Å². The average molecular weight is 176 g/mol. The van der Waals surface area contributed by atoms with E-state index in [0.717, 1.165) is 5.04 Å². The molecule has 0 amide bonds. The van der Waals surface area contributed by atoms with Crippen molar-refractivity contribution >= 4 is 35.0 Å². The fraction of sp³-hybridized carbons (Fsp3) is 0.500. The van der Waals surface area contributed by atoms with Crippen LogP contribution in [0.1, 0.15) is 0 Å². The van der Waals surface area contributed by atoms with Crippen LogP contribution < -0.4 is 5.53 Å². The van der Waals surface area contributed by atoms with E-state index in [1.54, 1.807) is 22.5 Å². The highest BCUT2D eigenvalue weighted by molar-refractivity contribution is 8.15. The summed E-state index contributed by atoms with van der Waals surface area (Å²) in [5, 5.41) is 8.89. The van der Waals surface area contributed by atoms with Crippen LogP contribution in [0, 0.1) is 0 Å². The normalized spacial score (nSPS) is 16.6. The summed E-state index contributed by atoms with van der Waals surface area (Å²) in [5.41, 5.74) is 2.74. The molecule has 0 fully saturated rings. The molecule has 6 heteroatoms. The van der Waals surface area contributed by atoms with Crippen molar-refractivity contribution in [1.82, 2.24) is 10.1 Å². The number of hydrazone groups is 2. The number of hydrogen-bond donors (Lipinski definition) is 1. The Morgan fingerprint density at radius 2 is 2.40 bits per heavy atom. The maximum Gasteiger partial charge on any atom is 0.138 e. The van der Waals surface area contributed by atoms with Gasteiger partial charge in [-0.2, -0.15) is 5.53 Å². The molecule has 1 N–H and O–H groups in total. The molecular weight excluding hydrogens is 168 g/mol. The number of nitrogens with one attached hydrogen (secondary N) is 1. The zero-order chi connectivity index (χ0) is 7.40. The lowest BCUT2D eigenvalue weighted by atomic mass is 10.8. The van der Waals surface area contributed by atoms with E-state index in [4.69, 9.17) is 0 Å². The first-order valence-corrected chi connectivity index (χ1v) is 5.03. The Morgan fingerprint density at radius 3 is 2.80 bits per heavy atom. The summed E-state index contributed by atoms with van der Waals surface area (Å²) in [6.07, 6.45) is 5.60. The Labute approximate surface area is 68.2 Å². The first kappa shape index (κ1) is 7.74. The van der Waals surface area contributed by atoms with E-state index < -0.39 is 0 Å². The molecule has 1 aliphatic rings. The van der Waals surface area contributed by atoms with Gasteiger partial charge in [0.2, 0.25) is 0 Å². The van der Waals surface area contributed by atoms with Crippen LogP contribution in [0.4, 0.5) is 0 Å². The second-order valence-corrected chi connectivity index (χ2v) is 2.99. The van der Waals surface area contributed by atoms with Crippen LogP contribution in [-0.4, -0.2) is 28.3 Å². The molecule has 0 spiro atoms. The van der Waals surface area contributed by atoms with Crippen LogP contribution in [0.5, 0.6) is 0 Å². The molecule has 56 valence electrons. The van der Waals surface area contributed by atoms with E-state index in [-0.39, 0.29) is 0 Å². The third kappa shape index (κ3) is 1.81. The fourth-order valence-electron chi connectivity index (χ4n) is 0.435. The molecule has 0 atom stereocenters. The molecule has 1 rings (SSSR count). The van der Waals surface area contributed by atoms with Gasteiger partial charge in [-0.15, -0.1) is 26.5 Å². The van der Waals surface area contributed by atoms with Crippen molar-refractivity contribution < 1.29 is 0 Å².